The van der Waals surface area contributed by atoms with Crippen molar-refractivity contribution < 1.29 is 9.59 Å². The molecule has 1 fully saturated rings. The molecule has 1 aliphatic heterocycles. The summed E-state index contributed by atoms with van der Waals surface area (Å²) in [4.78, 5) is 31.6. The maximum atomic E-state index is 12.8. The lowest BCUT2D eigenvalue weighted by atomic mass is 10.1. The van der Waals surface area contributed by atoms with Gasteiger partial charge in [0.05, 0.1) is 5.69 Å². The number of hydrogen-bond donors (Lipinski definition) is 1. The van der Waals surface area contributed by atoms with Gasteiger partial charge in [-0.25, -0.2) is 9.50 Å². The first-order chi connectivity index (χ1) is 15.3. The molecule has 0 spiro atoms. The van der Waals surface area contributed by atoms with E-state index in [4.69, 9.17) is 10.1 Å². The van der Waals surface area contributed by atoms with E-state index in [1.807, 2.05) is 73.5 Å². The molecular formula is C25H31N5O2. The molecule has 1 N–H and O–H groups in total. The monoisotopic (exact) mass is 433 g/mol. The average Bonchev–Trinajstić information content (AvgIpc) is 3.40. The third-order valence-corrected chi connectivity index (χ3v) is 6.15. The molecule has 4 rings (SSSR count). The lowest BCUT2D eigenvalue weighted by Crippen LogP contribution is -2.30. The van der Waals surface area contributed by atoms with Crippen LogP contribution in [0.25, 0.3) is 5.65 Å². The summed E-state index contributed by atoms with van der Waals surface area (Å²) in [5, 5.41) is 7.80. The molecule has 1 saturated heterocycles. The van der Waals surface area contributed by atoms with Crippen LogP contribution in [0.4, 0.5) is 0 Å². The third kappa shape index (κ3) is 4.52. The van der Waals surface area contributed by atoms with E-state index < -0.39 is 0 Å². The molecule has 1 atom stereocenters. The molecule has 7 heteroatoms. The Balaban J connectivity index is 1.51. The molecule has 168 valence electrons. The van der Waals surface area contributed by atoms with Crippen LogP contribution in [0, 0.1) is 13.8 Å². The Morgan fingerprint density at radius 3 is 2.66 bits per heavy atom. The normalized spacial score (nSPS) is 16.2. The SMILES string of the molecule is Cc1nc2cc([C@@H]3CCN(C(=O)c4ccccc4)C3)nn2c(C)c1CCC(=O)NC(C)C. The minimum Gasteiger partial charge on any atom is -0.354 e. The first-order valence-corrected chi connectivity index (χ1v) is 11.3. The lowest BCUT2D eigenvalue weighted by molar-refractivity contribution is -0.121. The van der Waals surface area contributed by atoms with E-state index in [9.17, 15) is 9.59 Å². The zero-order chi connectivity index (χ0) is 22.8. The van der Waals surface area contributed by atoms with Crippen LogP contribution in [0.15, 0.2) is 36.4 Å². The highest BCUT2D eigenvalue weighted by molar-refractivity contribution is 5.94. The van der Waals surface area contributed by atoms with Gasteiger partial charge in [-0.15, -0.1) is 0 Å². The zero-order valence-corrected chi connectivity index (χ0v) is 19.3. The van der Waals surface area contributed by atoms with Crippen LogP contribution in [0.3, 0.4) is 0 Å². The van der Waals surface area contributed by atoms with Crippen molar-refractivity contribution in [3.8, 4) is 0 Å². The molecule has 3 aromatic rings. The number of rotatable bonds is 6. The second-order valence-electron chi connectivity index (χ2n) is 8.93. The van der Waals surface area contributed by atoms with E-state index in [0.29, 0.717) is 19.4 Å². The molecule has 32 heavy (non-hydrogen) atoms. The molecule has 0 saturated carbocycles. The lowest BCUT2D eigenvalue weighted by Gasteiger charge is -2.16. The summed E-state index contributed by atoms with van der Waals surface area (Å²) >= 11 is 0. The van der Waals surface area contributed by atoms with Gasteiger partial charge in [0.25, 0.3) is 5.91 Å². The molecule has 1 aromatic carbocycles. The maximum Gasteiger partial charge on any atom is 0.253 e. The minimum atomic E-state index is 0.0502. The highest BCUT2D eigenvalue weighted by Crippen LogP contribution is 2.29. The van der Waals surface area contributed by atoms with Gasteiger partial charge in [0.1, 0.15) is 0 Å². The molecule has 0 radical (unpaired) electrons. The summed E-state index contributed by atoms with van der Waals surface area (Å²) in [5.41, 5.74) is 5.54. The van der Waals surface area contributed by atoms with Gasteiger partial charge in [-0.05, 0) is 58.2 Å². The summed E-state index contributed by atoms with van der Waals surface area (Å²) < 4.78 is 1.89. The van der Waals surface area contributed by atoms with E-state index in [2.05, 4.69) is 5.32 Å². The summed E-state index contributed by atoms with van der Waals surface area (Å²) in [6.45, 7) is 9.35. The third-order valence-electron chi connectivity index (χ3n) is 6.15. The van der Waals surface area contributed by atoms with Crippen LogP contribution < -0.4 is 5.32 Å². The summed E-state index contributed by atoms with van der Waals surface area (Å²) in [6, 6.07) is 11.6. The Kier molecular flexibility index (Phi) is 6.26. The van der Waals surface area contributed by atoms with Crippen LogP contribution in [0.1, 0.15) is 65.6 Å². The maximum absolute atomic E-state index is 12.8. The van der Waals surface area contributed by atoms with Crippen LogP contribution >= 0.6 is 0 Å². The number of hydrogen-bond acceptors (Lipinski definition) is 4. The number of fused-ring (bicyclic) bond motifs is 1. The van der Waals surface area contributed by atoms with E-state index in [0.717, 1.165) is 46.8 Å². The first-order valence-electron chi connectivity index (χ1n) is 11.3. The number of amides is 2. The van der Waals surface area contributed by atoms with Crippen molar-refractivity contribution in [2.24, 2.45) is 0 Å². The smallest absolute Gasteiger partial charge is 0.253 e. The number of nitrogens with one attached hydrogen (secondary N) is 1. The highest BCUT2D eigenvalue weighted by atomic mass is 16.2. The number of benzene rings is 1. The fourth-order valence-corrected chi connectivity index (χ4v) is 4.49. The van der Waals surface area contributed by atoms with Gasteiger partial charge in [0.15, 0.2) is 5.65 Å². The molecule has 0 aliphatic carbocycles. The zero-order valence-electron chi connectivity index (χ0n) is 19.3. The van der Waals surface area contributed by atoms with E-state index in [1.165, 1.54) is 0 Å². The average molecular weight is 434 g/mol. The van der Waals surface area contributed by atoms with Gasteiger partial charge in [-0.1, -0.05) is 18.2 Å². The number of aryl methyl sites for hydroxylation is 2. The Morgan fingerprint density at radius 1 is 1.19 bits per heavy atom. The molecule has 2 amide bonds. The number of likely N-dealkylation sites (tertiary alicyclic amines) is 1. The second kappa shape index (κ2) is 9.10. The molecule has 2 aromatic heterocycles. The molecule has 0 unspecified atom stereocenters. The number of nitrogens with zero attached hydrogens (tertiary/aromatic N) is 4. The summed E-state index contributed by atoms with van der Waals surface area (Å²) in [5.74, 6) is 0.322. The number of aromatic nitrogens is 3. The highest BCUT2D eigenvalue weighted by Gasteiger charge is 2.30. The van der Waals surface area contributed by atoms with E-state index in [-0.39, 0.29) is 23.8 Å². The topological polar surface area (TPSA) is 79.6 Å². The Hall–Kier alpha value is -3.22. The summed E-state index contributed by atoms with van der Waals surface area (Å²) in [6.07, 6.45) is 1.96. The Morgan fingerprint density at radius 2 is 1.94 bits per heavy atom. The Labute approximate surface area is 188 Å². The minimum absolute atomic E-state index is 0.0502. The summed E-state index contributed by atoms with van der Waals surface area (Å²) in [7, 11) is 0. The van der Waals surface area contributed by atoms with Crippen molar-refractivity contribution in [1.82, 2.24) is 24.8 Å². The van der Waals surface area contributed by atoms with Gasteiger partial charge < -0.3 is 10.2 Å². The van der Waals surface area contributed by atoms with Crippen molar-refractivity contribution in [2.45, 2.75) is 58.9 Å². The molecule has 0 bridgehead atoms. The predicted octanol–water partition coefficient (Wildman–Crippen LogP) is 3.43. The number of carbonyl (C=O) groups is 2. The van der Waals surface area contributed by atoms with Crippen molar-refractivity contribution in [3.05, 3.63) is 64.6 Å². The number of carbonyl (C=O) groups excluding carboxylic acids is 2. The predicted molar refractivity (Wildman–Crippen MR) is 124 cm³/mol. The van der Waals surface area contributed by atoms with Crippen LogP contribution in [-0.4, -0.2) is 50.4 Å². The molecule has 7 nitrogen and oxygen atoms in total. The van der Waals surface area contributed by atoms with Crippen molar-refractivity contribution in [2.75, 3.05) is 13.1 Å². The molecular weight excluding hydrogens is 402 g/mol. The quantitative estimate of drug-likeness (QED) is 0.646. The second-order valence-corrected chi connectivity index (χ2v) is 8.93. The van der Waals surface area contributed by atoms with Gasteiger partial charge in [0.2, 0.25) is 5.91 Å². The fraction of sp³-hybridized carbons (Fsp3) is 0.440. The fourth-order valence-electron chi connectivity index (χ4n) is 4.49. The van der Waals surface area contributed by atoms with Crippen molar-refractivity contribution in [1.29, 1.82) is 0 Å². The van der Waals surface area contributed by atoms with E-state index >= 15 is 0 Å². The van der Waals surface area contributed by atoms with Crippen LogP contribution in [0.5, 0.6) is 0 Å². The standard InChI is InChI=1S/C25H31N5O2/c1-16(2)26-24(31)11-10-21-17(3)27-23-14-22(28-30(23)18(21)4)20-12-13-29(15-20)25(32)19-8-6-5-7-9-19/h5-9,14,16,20H,10-13,15H2,1-4H3,(H,26,31)/t20-/m1/s1. The van der Waals surface area contributed by atoms with Gasteiger partial charge in [-0.2, -0.15) is 5.10 Å². The van der Waals surface area contributed by atoms with Crippen LogP contribution in [0.2, 0.25) is 0 Å². The molecule has 1 aliphatic rings. The molecule has 3 heterocycles. The van der Waals surface area contributed by atoms with Crippen LogP contribution in [-0.2, 0) is 11.2 Å². The Bertz CT molecular complexity index is 1140. The van der Waals surface area contributed by atoms with Gasteiger partial charge in [-0.3, -0.25) is 9.59 Å². The largest absolute Gasteiger partial charge is 0.354 e. The van der Waals surface area contributed by atoms with Gasteiger partial charge >= 0.3 is 0 Å². The van der Waals surface area contributed by atoms with Crippen molar-refractivity contribution >= 4 is 17.5 Å². The van der Waals surface area contributed by atoms with Gasteiger partial charge in [0, 0.05) is 54.5 Å². The van der Waals surface area contributed by atoms with Crippen molar-refractivity contribution in [3.63, 3.8) is 0 Å². The van der Waals surface area contributed by atoms with E-state index in [1.54, 1.807) is 0 Å². The first kappa shape index (κ1) is 22.0.